The molecule has 5 aliphatic rings. The summed E-state index contributed by atoms with van der Waals surface area (Å²) in [7, 11) is 0. The van der Waals surface area contributed by atoms with Crippen molar-refractivity contribution in [1.82, 2.24) is 0 Å². The van der Waals surface area contributed by atoms with Gasteiger partial charge in [-0.1, -0.05) is 133 Å². The summed E-state index contributed by atoms with van der Waals surface area (Å²) in [6.45, 7) is 0. The van der Waals surface area contributed by atoms with Crippen molar-refractivity contribution in [2.45, 2.75) is 37.5 Å². The van der Waals surface area contributed by atoms with Crippen LogP contribution in [0, 0.1) is 35.0 Å². The molecule has 1 aromatic heterocycles. The maximum Gasteiger partial charge on any atom is 0.0998 e. The fourth-order valence-corrected chi connectivity index (χ4v) is 14.2. The van der Waals surface area contributed by atoms with Gasteiger partial charge in [0.2, 0.25) is 0 Å². The molecule has 4 bridgehead atoms. The molecular formula is C59H44N2S. The normalized spacial score (nSPS) is 21.6. The van der Waals surface area contributed by atoms with Crippen LogP contribution in [0.2, 0.25) is 0 Å². The first-order chi connectivity index (χ1) is 30.6. The Morgan fingerprint density at radius 1 is 0.468 bits per heavy atom. The molecule has 0 aliphatic heterocycles. The summed E-state index contributed by atoms with van der Waals surface area (Å²) in [4.78, 5) is 2.40. The van der Waals surface area contributed by atoms with Crippen LogP contribution in [0.3, 0.4) is 0 Å². The lowest BCUT2D eigenvalue weighted by molar-refractivity contribution is -0.0399. The third-order valence-corrected chi connectivity index (χ3v) is 16.5. The molecule has 0 atom stereocenters. The highest BCUT2D eigenvalue weighted by molar-refractivity contribution is 7.26. The Labute approximate surface area is 367 Å². The summed E-state index contributed by atoms with van der Waals surface area (Å²) in [5.74, 6) is 3.31. The van der Waals surface area contributed by atoms with Crippen LogP contribution in [0.25, 0.3) is 64.7 Å². The fraction of sp³-hybridized carbons (Fsp3) is 0.169. The summed E-state index contributed by atoms with van der Waals surface area (Å²) < 4.78 is 2.54. The van der Waals surface area contributed by atoms with Crippen molar-refractivity contribution in [2.24, 2.45) is 23.7 Å². The molecule has 4 saturated carbocycles. The molecule has 0 N–H and O–H groups in total. The predicted octanol–water partition coefficient (Wildman–Crippen LogP) is 16.1. The third kappa shape index (κ3) is 5.33. The number of benzene rings is 8. The number of fused-ring (bicyclic) bond motifs is 6. The van der Waals surface area contributed by atoms with Gasteiger partial charge in [-0.2, -0.15) is 5.26 Å². The van der Waals surface area contributed by atoms with E-state index in [4.69, 9.17) is 0 Å². The van der Waals surface area contributed by atoms with Gasteiger partial charge in [-0.3, -0.25) is 0 Å². The molecule has 3 heteroatoms. The van der Waals surface area contributed by atoms with Gasteiger partial charge in [0.1, 0.15) is 0 Å². The Morgan fingerprint density at radius 3 is 1.94 bits per heavy atom. The van der Waals surface area contributed by atoms with E-state index in [1.165, 1.54) is 74.5 Å². The van der Waals surface area contributed by atoms with Crippen LogP contribution in [0.4, 0.5) is 17.1 Å². The van der Waals surface area contributed by atoms with Crippen LogP contribution >= 0.6 is 11.3 Å². The maximum absolute atomic E-state index is 10.8. The second-order valence-electron chi connectivity index (χ2n) is 18.4. The highest BCUT2D eigenvalue weighted by Crippen LogP contribution is 2.69. The van der Waals surface area contributed by atoms with Gasteiger partial charge in [-0.25, -0.2) is 0 Å². The molecule has 4 fully saturated rings. The second-order valence-corrected chi connectivity index (χ2v) is 19.5. The van der Waals surface area contributed by atoms with Crippen molar-refractivity contribution in [1.29, 1.82) is 5.26 Å². The van der Waals surface area contributed by atoms with Gasteiger partial charge in [0.05, 0.1) is 22.0 Å². The summed E-state index contributed by atoms with van der Waals surface area (Å²) in [5, 5.41) is 13.3. The minimum absolute atomic E-state index is 0.144. The molecule has 14 rings (SSSR count). The lowest BCUT2D eigenvalue weighted by Gasteiger charge is -2.61. The van der Waals surface area contributed by atoms with Crippen LogP contribution in [0.5, 0.6) is 0 Å². The van der Waals surface area contributed by atoms with E-state index in [1.54, 1.807) is 11.1 Å². The largest absolute Gasteiger partial charge is 0.309 e. The molecule has 9 aromatic rings. The first-order valence-corrected chi connectivity index (χ1v) is 23.2. The Morgan fingerprint density at radius 2 is 1.11 bits per heavy atom. The summed E-state index contributed by atoms with van der Waals surface area (Å²) >= 11 is 1.85. The zero-order valence-corrected chi connectivity index (χ0v) is 35.3. The zero-order chi connectivity index (χ0) is 40.9. The fourth-order valence-electron chi connectivity index (χ4n) is 13.0. The summed E-state index contributed by atoms with van der Waals surface area (Å²) in [6, 6.07) is 69.3. The Kier molecular flexibility index (Phi) is 8.06. The third-order valence-electron chi connectivity index (χ3n) is 15.3. The maximum atomic E-state index is 10.8. The van der Waals surface area contributed by atoms with Gasteiger partial charge < -0.3 is 4.90 Å². The number of hydrogen-bond donors (Lipinski definition) is 0. The molecule has 2 nitrogen and oxygen atoms in total. The summed E-state index contributed by atoms with van der Waals surface area (Å²) in [6.07, 6.45) is 6.97. The van der Waals surface area contributed by atoms with Crippen LogP contribution in [0.1, 0.15) is 48.8 Å². The molecular weight excluding hydrogens is 769 g/mol. The first kappa shape index (κ1) is 36.0. The van der Waals surface area contributed by atoms with Crippen molar-refractivity contribution in [2.75, 3.05) is 4.90 Å². The quantitative estimate of drug-likeness (QED) is 0.167. The lowest BCUT2D eigenvalue weighted by atomic mass is 9.43. The van der Waals surface area contributed by atoms with Crippen molar-refractivity contribution in [3.63, 3.8) is 0 Å². The molecule has 0 saturated heterocycles. The van der Waals surface area contributed by atoms with Gasteiger partial charge in [-0.15, -0.1) is 11.3 Å². The molecule has 0 radical (unpaired) electrons. The van der Waals surface area contributed by atoms with Gasteiger partial charge in [0.15, 0.2) is 0 Å². The second kappa shape index (κ2) is 13.9. The molecule has 1 spiro atoms. The number of nitrogens with zero attached hydrogens (tertiary/aromatic N) is 2. The summed E-state index contributed by atoms with van der Waals surface area (Å²) in [5.41, 5.74) is 16.7. The lowest BCUT2D eigenvalue weighted by Crippen LogP contribution is -2.55. The van der Waals surface area contributed by atoms with E-state index in [1.807, 2.05) is 11.3 Å². The molecule has 62 heavy (non-hydrogen) atoms. The number of thiophene rings is 1. The predicted molar refractivity (Wildman–Crippen MR) is 258 cm³/mol. The van der Waals surface area contributed by atoms with E-state index in [0.717, 1.165) is 63.0 Å². The van der Waals surface area contributed by atoms with Gasteiger partial charge in [0, 0.05) is 32.3 Å². The van der Waals surface area contributed by atoms with E-state index in [0.29, 0.717) is 5.56 Å². The zero-order valence-electron chi connectivity index (χ0n) is 34.5. The number of hydrogen-bond acceptors (Lipinski definition) is 3. The van der Waals surface area contributed by atoms with Crippen LogP contribution in [-0.2, 0) is 5.41 Å². The number of anilines is 3. The highest BCUT2D eigenvalue weighted by Gasteiger charge is 2.61. The van der Waals surface area contributed by atoms with Crippen LogP contribution in [0.15, 0.2) is 182 Å². The van der Waals surface area contributed by atoms with Gasteiger partial charge in [-0.05, 0) is 160 Å². The minimum atomic E-state index is 0.144. The van der Waals surface area contributed by atoms with E-state index in [-0.39, 0.29) is 5.41 Å². The molecule has 5 aliphatic carbocycles. The number of rotatable bonds is 6. The standard InChI is InChI=1S/C59H44N2S/c60-36-44-33-42(22-26-49(44)43-23-27-55-53(35-43)50-14-4-6-17-54(50)59(55)45-29-37-28-38(31-45)32-46(59)30-37)41-12-8-13-48(34-41)61(47-24-20-40(21-25-47)39-10-2-1-3-11-39)56-18-9-16-52-51-15-5-7-19-57(51)62-58(52)56/h1-27,33-35,37-38,45-46H,28-32H2. The van der Waals surface area contributed by atoms with E-state index >= 15 is 0 Å². The average Bonchev–Trinajstić information content (AvgIpc) is 3.85. The Balaban J connectivity index is 0.898. The van der Waals surface area contributed by atoms with E-state index in [2.05, 4.69) is 193 Å². The number of nitriles is 1. The van der Waals surface area contributed by atoms with E-state index < -0.39 is 0 Å². The molecule has 1 heterocycles. The first-order valence-electron chi connectivity index (χ1n) is 22.4. The van der Waals surface area contributed by atoms with Crippen molar-refractivity contribution in [3.8, 4) is 50.6 Å². The molecule has 8 aromatic carbocycles. The molecule has 0 amide bonds. The topological polar surface area (TPSA) is 27.0 Å². The van der Waals surface area contributed by atoms with Gasteiger partial charge in [0.25, 0.3) is 0 Å². The van der Waals surface area contributed by atoms with Gasteiger partial charge >= 0.3 is 0 Å². The minimum Gasteiger partial charge on any atom is -0.309 e. The molecule has 0 unspecified atom stereocenters. The average molecular weight is 813 g/mol. The van der Waals surface area contributed by atoms with Crippen LogP contribution in [-0.4, -0.2) is 0 Å². The van der Waals surface area contributed by atoms with Crippen molar-refractivity contribution < 1.29 is 0 Å². The Bertz CT molecular complexity index is 3250. The van der Waals surface area contributed by atoms with Crippen molar-refractivity contribution in [3.05, 3.63) is 199 Å². The SMILES string of the molecule is N#Cc1cc(-c2cccc(N(c3ccc(-c4ccccc4)cc3)c3cccc4c3sc3ccccc34)c2)ccc1-c1ccc2c(c1)-c1ccccc1C21C2CC3CC(C2)CC1C3. The monoisotopic (exact) mass is 812 g/mol. The molecule has 296 valence electrons. The van der Waals surface area contributed by atoms with Crippen molar-refractivity contribution >= 4 is 48.6 Å². The van der Waals surface area contributed by atoms with E-state index in [9.17, 15) is 5.26 Å². The highest BCUT2D eigenvalue weighted by atomic mass is 32.1. The smallest absolute Gasteiger partial charge is 0.0998 e. The Hall–Kier alpha value is -6.73. The van der Waals surface area contributed by atoms with Crippen LogP contribution < -0.4 is 4.90 Å².